The third-order valence-electron chi connectivity index (χ3n) is 1.72. The third-order valence-corrected chi connectivity index (χ3v) is 2.63. The number of benzene rings is 1. The van der Waals surface area contributed by atoms with Crippen LogP contribution in [0.4, 0.5) is 0 Å². The monoisotopic (exact) mass is 217 g/mol. The molecule has 14 heavy (non-hydrogen) atoms. The van der Waals surface area contributed by atoms with Gasteiger partial charge in [-0.3, -0.25) is 0 Å². The van der Waals surface area contributed by atoms with E-state index in [0.717, 1.165) is 10.5 Å². The van der Waals surface area contributed by atoms with Crippen LogP contribution in [0.25, 0.3) is 6.08 Å². The molecule has 1 aliphatic heterocycles. The zero-order chi connectivity index (χ0) is 9.26. The Morgan fingerprint density at radius 2 is 2.14 bits per heavy atom. The van der Waals surface area contributed by atoms with Gasteiger partial charge in [-0.1, -0.05) is 18.2 Å². The van der Waals surface area contributed by atoms with E-state index < -0.39 is 5.97 Å². The van der Waals surface area contributed by atoms with Gasteiger partial charge >= 0.3 is 35.5 Å². The van der Waals surface area contributed by atoms with Crippen molar-refractivity contribution in [3.63, 3.8) is 0 Å². The number of rotatable bonds is 1. The van der Waals surface area contributed by atoms with E-state index in [4.69, 9.17) is 5.11 Å². The van der Waals surface area contributed by atoms with Gasteiger partial charge < -0.3 is 11.3 Å². The molecule has 2 N–H and O–H groups in total. The zero-order valence-electron chi connectivity index (χ0n) is 8.65. The first-order chi connectivity index (χ1) is 6.27. The van der Waals surface area contributed by atoms with E-state index in [9.17, 15) is 4.79 Å². The third kappa shape index (κ3) is 2.33. The van der Waals surface area contributed by atoms with E-state index >= 15 is 0 Å². The Balaban J connectivity index is 0.000000980. The summed E-state index contributed by atoms with van der Waals surface area (Å²) in [5, 5.41) is 8.72. The van der Waals surface area contributed by atoms with Gasteiger partial charge in [-0.15, -0.1) is 0 Å². The maximum Gasteiger partial charge on any atom is 1.00 e. The van der Waals surface area contributed by atoms with Crippen LogP contribution in [0.2, 0.25) is 0 Å². The Kier molecular flexibility index (Phi) is 4.07. The molecule has 0 amide bonds. The summed E-state index contributed by atoms with van der Waals surface area (Å²) in [4.78, 5) is 11.7. The fourth-order valence-corrected chi connectivity index (χ4v) is 1.85. The molecule has 1 heterocycles. The predicted molar refractivity (Wildman–Crippen MR) is 52.2 cm³/mol. The number of aliphatic carboxylic acids is 1. The summed E-state index contributed by atoms with van der Waals surface area (Å²) in [7, 11) is 0. The molecule has 0 fully saturated rings. The Labute approximate surface area is 109 Å². The van der Waals surface area contributed by atoms with Gasteiger partial charge in [0.05, 0.1) is 0 Å². The molecule has 0 saturated heterocycles. The summed E-state index contributed by atoms with van der Waals surface area (Å²) in [6.07, 6.45) is 1.63. The summed E-state index contributed by atoms with van der Waals surface area (Å²) in [6.45, 7) is 0. The molecule has 3 nitrogen and oxygen atoms in total. The second-order valence-electron chi connectivity index (χ2n) is 2.61. The van der Waals surface area contributed by atoms with Crippen molar-refractivity contribution in [1.29, 1.82) is 0 Å². The van der Waals surface area contributed by atoms with Gasteiger partial charge in [-0.2, -0.15) is 0 Å². The molecular formula is C9H8NNaO2S. The number of carboxylic acids is 1. The molecule has 0 unspecified atom stereocenters. The molecule has 5 heteroatoms. The largest absolute Gasteiger partial charge is 1.00 e. The summed E-state index contributed by atoms with van der Waals surface area (Å²) in [5.74, 6) is -0.929. The number of carboxylic acid groups (broad SMARTS) is 1. The van der Waals surface area contributed by atoms with E-state index in [1.807, 2.05) is 24.3 Å². The Morgan fingerprint density at radius 3 is 2.86 bits per heavy atom. The van der Waals surface area contributed by atoms with Gasteiger partial charge in [-0.05, 0) is 29.7 Å². The maximum atomic E-state index is 10.6. The first kappa shape index (κ1) is 11.7. The van der Waals surface area contributed by atoms with Crippen LogP contribution in [-0.4, -0.2) is 11.1 Å². The van der Waals surface area contributed by atoms with Crippen LogP contribution in [-0.2, 0) is 4.79 Å². The average molecular weight is 217 g/mol. The first-order valence-electron chi connectivity index (χ1n) is 3.74. The Hall–Kier alpha value is -0.420. The molecule has 1 aromatic rings. The molecular weight excluding hydrogens is 209 g/mol. The fourth-order valence-electron chi connectivity index (χ4n) is 1.09. The summed E-state index contributed by atoms with van der Waals surface area (Å²) >= 11 is 1.33. The van der Waals surface area contributed by atoms with Gasteiger partial charge in [0.2, 0.25) is 0 Å². The summed E-state index contributed by atoms with van der Waals surface area (Å²) in [5.41, 5.74) is 1.17. The SMILES string of the molecule is O=C(O)C1=Cc2ccccc2SN1.[H-].[Na+]. The molecule has 0 saturated carbocycles. The summed E-state index contributed by atoms with van der Waals surface area (Å²) in [6, 6.07) is 7.65. The maximum absolute atomic E-state index is 10.6. The van der Waals surface area contributed by atoms with E-state index in [1.165, 1.54) is 11.9 Å². The first-order valence-corrected chi connectivity index (χ1v) is 4.56. The van der Waals surface area contributed by atoms with Gasteiger partial charge in [0.1, 0.15) is 5.70 Å². The van der Waals surface area contributed by atoms with Crippen LogP contribution < -0.4 is 34.3 Å². The standard InChI is InChI=1S/C9H7NO2S.Na.H/c11-9(12)7-5-6-3-1-2-4-8(6)13-10-7;;/h1-5,10H,(H,11,12);;/q;+1;-1. The Morgan fingerprint density at radius 1 is 1.43 bits per heavy atom. The Bertz CT molecular complexity index is 397. The van der Waals surface area contributed by atoms with E-state index in [-0.39, 0.29) is 36.7 Å². The minimum atomic E-state index is -0.929. The van der Waals surface area contributed by atoms with Crippen molar-refractivity contribution in [1.82, 2.24) is 4.72 Å². The number of carbonyl (C=O) groups is 1. The van der Waals surface area contributed by atoms with Crippen LogP contribution in [0.15, 0.2) is 34.9 Å². The van der Waals surface area contributed by atoms with Crippen LogP contribution in [0.5, 0.6) is 0 Å². The molecule has 0 bridgehead atoms. The van der Waals surface area contributed by atoms with Crippen molar-refractivity contribution >= 4 is 24.0 Å². The fraction of sp³-hybridized carbons (Fsp3) is 0. The number of fused-ring (bicyclic) bond motifs is 1. The second-order valence-corrected chi connectivity index (χ2v) is 3.45. The molecule has 2 rings (SSSR count). The number of hydrogen-bond acceptors (Lipinski definition) is 3. The topological polar surface area (TPSA) is 49.3 Å². The van der Waals surface area contributed by atoms with Gasteiger partial charge in [-0.25, -0.2) is 4.79 Å². The van der Waals surface area contributed by atoms with Crippen LogP contribution >= 0.6 is 11.9 Å². The quantitative estimate of drug-likeness (QED) is 0.460. The predicted octanol–water partition coefficient (Wildman–Crippen LogP) is -1.16. The van der Waals surface area contributed by atoms with Crippen LogP contribution in [0.3, 0.4) is 0 Å². The number of nitrogens with one attached hydrogen (secondary N) is 1. The van der Waals surface area contributed by atoms with E-state index in [1.54, 1.807) is 6.08 Å². The van der Waals surface area contributed by atoms with Crippen molar-refractivity contribution in [2.45, 2.75) is 4.90 Å². The molecule has 0 radical (unpaired) electrons. The molecule has 1 aromatic carbocycles. The van der Waals surface area contributed by atoms with Crippen molar-refractivity contribution in [3.8, 4) is 0 Å². The zero-order valence-corrected chi connectivity index (χ0v) is 10.5. The van der Waals surface area contributed by atoms with Gasteiger partial charge in [0.25, 0.3) is 0 Å². The number of hydrogen-bond donors (Lipinski definition) is 2. The average Bonchev–Trinajstić information content (AvgIpc) is 2.17. The normalized spacial score (nSPS) is 13.0. The second kappa shape index (κ2) is 4.89. The smallest absolute Gasteiger partial charge is 1.00 e. The molecule has 68 valence electrons. The van der Waals surface area contributed by atoms with Crippen molar-refractivity contribution in [2.24, 2.45) is 0 Å². The molecule has 1 aliphatic rings. The van der Waals surface area contributed by atoms with Gasteiger partial charge in [0, 0.05) is 4.90 Å². The van der Waals surface area contributed by atoms with Crippen molar-refractivity contribution in [3.05, 3.63) is 35.5 Å². The minimum Gasteiger partial charge on any atom is -1.00 e. The van der Waals surface area contributed by atoms with Crippen molar-refractivity contribution in [2.75, 3.05) is 0 Å². The molecule has 0 aromatic heterocycles. The van der Waals surface area contributed by atoms with Crippen LogP contribution in [0.1, 0.15) is 6.99 Å². The molecule has 0 spiro atoms. The van der Waals surface area contributed by atoms with Crippen LogP contribution in [0, 0.1) is 0 Å². The van der Waals surface area contributed by atoms with Crippen molar-refractivity contribution < 1.29 is 40.9 Å². The minimum absolute atomic E-state index is 0. The van der Waals surface area contributed by atoms with Gasteiger partial charge in [0.15, 0.2) is 0 Å². The van der Waals surface area contributed by atoms with E-state index in [2.05, 4.69) is 4.72 Å². The van der Waals surface area contributed by atoms with E-state index in [0.29, 0.717) is 0 Å². The molecule has 0 atom stereocenters. The summed E-state index contributed by atoms with van der Waals surface area (Å²) < 4.78 is 2.75. The molecule has 0 aliphatic carbocycles.